The number of anilines is 3. The van der Waals surface area contributed by atoms with Gasteiger partial charge in [0.1, 0.15) is 11.6 Å². The number of aromatic nitrogens is 3. The summed E-state index contributed by atoms with van der Waals surface area (Å²) in [6.45, 7) is 0. The van der Waals surface area contributed by atoms with Crippen molar-refractivity contribution in [2.75, 3.05) is 10.6 Å². The Bertz CT molecular complexity index is 899. The number of nitrogens with zero attached hydrogens (tertiary/aromatic N) is 3. The molecule has 7 heteroatoms. The normalized spacial score (nSPS) is 13.5. The van der Waals surface area contributed by atoms with Crippen LogP contribution in [0.3, 0.4) is 0 Å². The van der Waals surface area contributed by atoms with E-state index in [4.69, 9.17) is 0 Å². The van der Waals surface area contributed by atoms with E-state index in [9.17, 15) is 4.39 Å². The highest BCUT2D eigenvalue weighted by Crippen LogP contribution is 2.29. The Balaban J connectivity index is 1.70. The van der Waals surface area contributed by atoms with Crippen LogP contribution in [0.4, 0.5) is 21.8 Å². The standard InChI is InChI=1S/C18H15BrFN5/c19-14-8-12(20)3-6-15(14)23-17-9-16(11-2-1-7-21-10-11)24-18(25-17)22-13-4-5-13/h1-3,6-10,13H,4-5H2,(H2,22,23,24,25). The lowest BCUT2D eigenvalue weighted by Crippen LogP contribution is -2.08. The van der Waals surface area contributed by atoms with Crippen LogP contribution in [-0.4, -0.2) is 21.0 Å². The van der Waals surface area contributed by atoms with Gasteiger partial charge in [-0.15, -0.1) is 0 Å². The summed E-state index contributed by atoms with van der Waals surface area (Å²) in [6, 6.07) is 10.6. The highest BCUT2D eigenvalue weighted by Gasteiger charge is 2.22. The molecule has 4 rings (SSSR count). The van der Waals surface area contributed by atoms with Gasteiger partial charge in [-0.1, -0.05) is 0 Å². The highest BCUT2D eigenvalue weighted by atomic mass is 79.9. The van der Waals surface area contributed by atoms with E-state index in [0.29, 0.717) is 22.3 Å². The first-order valence-electron chi connectivity index (χ1n) is 7.95. The van der Waals surface area contributed by atoms with E-state index < -0.39 is 0 Å². The third kappa shape index (κ3) is 3.93. The molecule has 5 nitrogen and oxygen atoms in total. The molecule has 2 N–H and O–H groups in total. The molecular weight excluding hydrogens is 385 g/mol. The lowest BCUT2D eigenvalue weighted by atomic mass is 10.2. The van der Waals surface area contributed by atoms with Crippen LogP contribution in [0.5, 0.6) is 0 Å². The Kier molecular flexibility index (Phi) is 4.31. The summed E-state index contributed by atoms with van der Waals surface area (Å²) < 4.78 is 13.9. The van der Waals surface area contributed by atoms with Crippen LogP contribution in [0.25, 0.3) is 11.3 Å². The van der Waals surface area contributed by atoms with Gasteiger partial charge in [0.05, 0.1) is 11.4 Å². The maximum atomic E-state index is 13.3. The molecule has 1 fully saturated rings. The van der Waals surface area contributed by atoms with Crippen LogP contribution >= 0.6 is 15.9 Å². The molecule has 2 aromatic heterocycles. The zero-order valence-corrected chi connectivity index (χ0v) is 14.8. The zero-order chi connectivity index (χ0) is 17.2. The van der Waals surface area contributed by atoms with Crippen molar-refractivity contribution in [3.8, 4) is 11.3 Å². The minimum absolute atomic E-state index is 0.299. The second-order valence-corrected chi connectivity index (χ2v) is 6.73. The monoisotopic (exact) mass is 399 g/mol. The van der Waals surface area contributed by atoms with Crippen molar-refractivity contribution in [2.45, 2.75) is 18.9 Å². The molecule has 126 valence electrons. The molecule has 0 atom stereocenters. The van der Waals surface area contributed by atoms with E-state index in [0.717, 1.165) is 29.8 Å². The van der Waals surface area contributed by atoms with Crippen molar-refractivity contribution >= 4 is 33.4 Å². The third-order valence-electron chi connectivity index (χ3n) is 3.79. The van der Waals surface area contributed by atoms with Gasteiger partial charge in [0.15, 0.2) is 0 Å². The summed E-state index contributed by atoms with van der Waals surface area (Å²) in [7, 11) is 0. The van der Waals surface area contributed by atoms with Gasteiger partial charge in [-0.2, -0.15) is 4.98 Å². The molecule has 25 heavy (non-hydrogen) atoms. The van der Waals surface area contributed by atoms with Crippen LogP contribution in [0.2, 0.25) is 0 Å². The minimum Gasteiger partial charge on any atom is -0.351 e. The first-order valence-corrected chi connectivity index (χ1v) is 8.75. The first-order chi connectivity index (χ1) is 12.2. The summed E-state index contributed by atoms with van der Waals surface area (Å²) in [5.74, 6) is 0.904. The van der Waals surface area contributed by atoms with Gasteiger partial charge in [-0.3, -0.25) is 4.98 Å². The van der Waals surface area contributed by atoms with E-state index >= 15 is 0 Å². The summed E-state index contributed by atoms with van der Waals surface area (Å²) in [5.41, 5.74) is 2.41. The van der Waals surface area contributed by atoms with Crippen molar-refractivity contribution in [2.24, 2.45) is 0 Å². The molecular formula is C18H15BrFN5. The summed E-state index contributed by atoms with van der Waals surface area (Å²) in [4.78, 5) is 13.3. The molecule has 0 saturated heterocycles. The summed E-state index contributed by atoms with van der Waals surface area (Å²) >= 11 is 3.37. The van der Waals surface area contributed by atoms with E-state index in [1.54, 1.807) is 18.5 Å². The van der Waals surface area contributed by atoms with E-state index in [2.05, 4.69) is 41.5 Å². The van der Waals surface area contributed by atoms with Gasteiger partial charge in [0.2, 0.25) is 5.95 Å². The molecule has 1 aliphatic carbocycles. The quantitative estimate of drug-likeness (QED) is 0.647. The molecule has 0 aliphatic heterocycles. The maximum Gasteiger partial charge on any atom is 0.225 e. The fourth-order valence-corrected chi connectivity index (χ4v) is 2.83. The Hall–Kier alpha value is -2.54. The fraction of sp³-hybridized carbons (Fsp3) is 0.167. The summed E-state index contributed by atoms with van der Waals surface area (Å²) in [6.07, 6.45) is 5.75. The lowest BCUT2D eigenvalue weighted by molar-refractivity contribution is 0.627. The number of hydrogen-bond donors (Lipinski definition) is 2. The molecule has 1 aliphatic rings. The van der Waals surface area contributed by atoms with Crippen LogP contribution in [0.15, 0.2) is 53.3 Å². The van der Waals surface area contributed by atoms with Crippen molar-refractivity contribution in [1.82, 2.24) is 15.0 Å². The molecule has 0 amide bonds. The lowest BCUT2D eigenvalue weighted by Gasteiger charge is -2.12. The van der Waals surface area contributed by atoms with Gasteiger partial charge in [0.25, 0.3) is 0 Å². The Labute approximate surface area is 152 Å². The minimum atomic E-state index is -0.299. The van der Waals surface area contributed by atoms with Crippen LogP contribution < -0.4 is 10.6 Å². The second-order valence-electron chi connectivity index (χ2n) is 5.87. The maximum absolute atomic E-state index is 13.3. The number of benzene rings is 1. The zero-order valence-electron chi connectivity index (χ0n) is 13.2. The SMILES string of the molecule is Fc1ccc(Nc2cc(-c3cccnc3)nc(NC3CC3)n2)c(Br)c1. The first kappa shape index (κ1) is 16.0. The van der Waals surface area contributed by atoms with Crippen molar-refractivity contribution < 1.29 is 4.39 Å². The number of nitrogens with one attached hydrogen (secondary N) is 2. The Morgan fingerprint density at radius 3 is 2.72 bits per heavy atom. The molecule has 0 unspecified atom stereocenters. The molecule has 1 saturated carbocycles. The average Bonchev–Trinajstić information content (AvgIpc) is 3.42. The molecule has 1 aromatic carbocycles. The predicted octanol–water partition coefficient (Wildman–Crippen LogP) is 4.76. The van der Waals surface area contributed by atoms with Gasteiger partial charge in [-0.05, 0) is 59.1 Å². The highest BCUT2D eigenvalue weighted by molar-refractivity contribution is 9.10. The fourth-order valence-electron chi connectivity index (χ4n) is 2.38. The largest absolute Gasteiger partial charge is 0.351 e. The van der Waals surface area contributed by atoms with Gasteiger partial charge >= 0.3 is 0 Å². The number of hydrogen-bond acceptors (Lipinski definition) is 5. The molecule has 3 aromatic rings. The topological polar surface area (TPSA) is 62.7 Å². The number of pyridine rings is 1. The second kappa shape index (κ2) is 6.76. The number of rotatable bonds is 5. The van der Waals surface area contributed by atoms with E-state index in [-0.39, 0.29) is 5.82 Å². The predicted molar refractivity (Wildman–Crippen MR) is 99.3 cm³/mol. The average molecular weight is 400 g/mol. The molecule has 0 bridgehead atoms. The van der Waals surface area contributed by atoms with Crippen LogP contribution in [0, 0.1) is 5.82 Å². The van der Waals surface area contributed by atoms with E-state index in [1.807, 2.05) is 18.2 Å². The smallest absolute Gasteiger partial charge is 0.225 e. The van der Waals surface area contributed by atoms with Crippen molar-refractivity contribution in [3.05, 3.63) is 59.1 Å². The van der Waals surface area contributed by atoms with Gasteiger partial charge < -0.3 is 10.6 Å². The van der Waals surface area contributed by atoms with Gasteiger partial charge in [0, 0.05) is 34.5 Å². The van der Waals surface area contributed by atoms with Crippen LogP contribution in [-0.2, 0) is 0 Å². The van der Waals surface area contributed by atoms with E-state index in [1.165, 1.54) is 12.1 Å². The Morgan fingerprint density at radius 1 is 1.12 bits per heavy atom. The van der Waals surface area contributed by atoms with Crippen LogP contribution in [0.1, 0.15) is 12.8 Å². The van der Waals surface area contributed by atoms with Gasteiger partial charge in [-0.25, -0.2) is 9.37 Å². The van der Waals surface area contributed by atoms with Crippen molar-refractivity contribution in [1.29, 1.82) is 0 Å². The molecule has 0 radical (unpaired) electrons. The third-order valence-corrected chi connectivity index (χ3v) is 4.44. The van der Waals surface area contributed by atoms with Crippen molar-refractivity contribution in [3.63, 3.8) is 0 Å². The summed E-state index contributed by atoms with van der Waals surface area (Å²) in [5, 5.41) is 6.54. The molecule has 2 heterocycles. The molecule has 0 spiro atoms. The Morgan fingerprint density at radius 2 is 2.00 bits per heavy atom. The number of halogens is 2.